The highest BCUT2D eigenvalue weighted by Gasteiger charge is 2.21. The summed E-state index contributed by atoms with van der Waals surface area (Å²) in [5.41, 5.74) is 9.27. The second-order valence-electron chi connectivity index (χ2n) is 10.4. The Balaban J connectivity index is 1.26. The van der Waals surface area contributed by atoms with Gasteiger partial charge in [0.2, 0.25) is 0 Å². The van der Waals surface area contributed by atoms with Gasteiger partial charge in [-0.25, -0.2) is 20.0 Å². The molecular weight excluding hydrogens is 488 g/mol. The van der Waals surface area contributed by atoms with Gasteiger partial charge in [0, 0.05) is 5.57 Å². The molecule has 0 spiro atoms. The van der Waals surface area contributed by atoms with E-state index in [2.05, 4.69) is 66.7 Å². The molecule has 0 amide bonds. The van der Waals surface area contributed by atoms with Gasteiger partial charge in [0.05, 0.1) is 45.6 Å². The smallest absolute Gasteiger partial charge is 0.0737 e. The Labute approximate surface area is 230 Å². The Morgan fingerprint density at radius 1 is 0.400 bits per heavy atom. The first kappa shape index (κ1) is 21.5. The molecule has 5 aliphatic rings. The zero-order valence-electron chi connectivity index (χ0n) is 21.3. The fourth-order valence-corrected chi connectivity index (χ4v) is 6.08. The first-order valence-corrected chi connectivity index (χ1v) is 13.4. The third kappa shape index (κ3) is 3.33. The van der Waals surface area contributed by atoms with Crippen molar-refractivity contribution in [2.45, 2.75) is 0 Å². The number of aliphatic imine (C=N–C) groups is 4. The normalized spacial score (nSPS) is 19.1. The highest BCUT2D eigenvalue weighted by atomic mass is 14.8. The molecule has 4 aromatic carbocycles. The molecule has 0 aliphatic carbocycles. The predicted molar refractivity (Wildman–Crippen MR) is 168 cm³/mol. The van der Waals surface area contributed by atoms with Gasteiger partial charge in [-0.2, -0.15) is 0 Å². The topological polar surface area (TPSA) is 49.4 Å². The van der Waals surface area contributed by atoms with E-state index in [1.165, 1.54) is 32.3 Å². The second kappa shape index (κ2) is 8.01. The number of allylic oxidation sites excluding steroid dienone is 12. The standard InChI is InChI=1S/C36H20N4/c1-2-21-4-5-23-6-14-31(32-15-7-22(3-1)35(21)36(23)32)33-19-30-18-28-11-10-26(38-28)16-24-8-9-25(37-24)17-27-12-13-29(39-27)20-34(33)40-30/h1-20H. The maximum Gasteiger partial charge on any atom is 0.0737 e. The zero-order valence-corrected chi connectivity index (χ0v) is 21.3. The Morgan fingerprint density at radius 3 is 1.62 bits per heavy atom. The Bertz CT molecular complexity index is 2220. The number of nitrogens with zero attached hydrogens (tertiary/aromatic N) is 4. The van der Waals surface area contributed by atoms with E-state index in [1.807, 2.05) is 54.7 Å². The van der Waals surface area contributed by atoms with Gasteiger partial charge in [-0.1, -0.05) is 54.6 Å². The van der Waals surface area contributed by atoms with Gasteiger partial charge in [-0.3, -0.25) is 0 Å². The highest BCUT2D eigenvalue weighted by molar-refractivity contribution is 6.27. The van der Waals surface area contributed by atoms with Crippen LogP contribution in [0.3, 0.4) is 0 Å². The summed E-state index contributed by atoms with van der Waals surface area (Å²) in [5, 5.41) is 7.61. The van der Waals surface area contributed by atoms with Gasteiger partial charge in [0.15, 0.2) is 0 Å². The lowest BCUT2D eigenvalue weighted by atomic mass is 9.89. The minimum atomic E-state index is 0.869. The highest BCUT2D eigenvalue weighted by Crippen LogP contribution is 2.41. The number of hydrogen-bond acceptors (Lipinski definition) is 4. The minimum absolute atomic E-state index is 0.869. The molecule has 5 aliphatic heterocycles. The molecule has 0 saturated heterocycles. The molecule has 9 rings (SSSR count). The fraction of sp³-hybridized carbons (Fsp3) is 0. The van der Waals surface area contributed by atoms with Crippen LogP contribution in [0.25, 0.3) is 37.9 Å². The van der Waals surface area contributed by atoms with E-state index < -0.39 is 0 Å². The SMILES string of the molecule is C1=CC2=NC1=CC1=NC(=CC3=NC(=CC4=NC(=C2)C=C4)C(c2ccc4ccc5cccc6ccc2c4c56)=C3)C=C1. The van der Waals surface area contributed by atoms with Crippen LogP contribution in [0.4, 0.5) is 0 Å². The lowest BCUT2D eigenvalue weighted by Gasteiger charge is -2.15. The second-order valence-corrected chi connectivity index (χ2v) is 10.4. The van der Waals surface area contributed by atoms with E-state index in [-0.39, 0.29) is 0 Å². The molecule has 4 nitrogen and oxygen atoms in total. The molecule has 0 fully saturated rings. The minimum Gasteiger partial charge on any atom is -0.249 e. The Kier molecular flexibility index (Phi) is 4.30. The van der Waals surface area contributed by atoms with Gasteiger partial charge >= 0.3 is 0 Å². The quantitative estimate of drug-likeness (QED) is 0.234. The number of rotatable bonds is 1. The lowest BCUT2D eigenvalue weighted by molar-refractivity contribution is 1.41. The van der Waals surface area contributed by atoms with Gasteiger partial charge < -0.3 is 0 Å². The lowest BCUT2D eigenvalue weighted by Crippen LogP contribution is -1.93. The molecule has 184 valence electrons. The molecule has 5 heterocycles. The van der Waals surface area contributed by atoms with Crippen LogP contribution in [-0.4, -0.2) is 22.8 Å². The molecule has 0 atom stereocenters. The van der Waals surface area contributed by atoms with Crippen molar-refractivity contribution in [3.63, 3.8) is 0 Å². The van der Waals surface area contributed by atoms with E-state index in [0.29, 0.717) is 0 Å². The summed E-state index contributed by atoms with van der Waals surface area (Å²) in [7, 11) is 0. The van der Waals surface area contributed by atoms with E-state index >= 15 is 0 Å². The molecule has 40 heavy (non-hydrogen) atoms. The van der Waals surface area contributed by atoms with Crippen LogP contribution >= 0.6 is 0 Å². The summed E-state index contributed by atoms with van der Waals surface area (Å²) >= 11 is 0. The van der Waals surface area contributed by atoms with Crippen molar-refractivity contribution in [3.05, 3.63) is 150 Å². The summed E-state index contributed by atoms with van der Waals surface area (Å²) in [6.45, 7) is 0. The van der Waals surface area contributed by atoms with Crippen molar-refractivity contribution in [2.75, 3.05) is 0 Å². The molecule has 8 bridgehead atoms. The van der Waals surface area contributed by atoms with E-state index in [0.717, 1.165) is 56.8 Å². The maximum absolute atomic E-state index is 5.08. The van der Waals surface area contributed by atoms with Crippen LogP contribution in [-0.2, 0) is 0 Å². The average molecular weight is 509 g/mol. The fourth-order valence-electron chi connectivity index (χ4n) is 6.08. The van der Waals surface area contributed by atoms with Crippen LogP contribution in [0.1, 0.15) is 5.56 Å². The van der Waals surface area contributed by atoms with Crippen molar-refractivity contribution in [2.24, 2.45) is 20.0 Å². The summed E-state index contributed by atoms with van der Waals surface area (Å²) in [5.74, 6) is 0. The third-order valence-corrected chi connectivity index (χ3v) is 7.86. The third-order valence-electron chi connectivity index (χ3n) is 7.86. The Hall–Kier alpha value is -5.48. The summed E-state index contributed by atoms with van der Waals surface area (Å²) in [6, 6.07) is 19.9. The monoisotopic (exact) mass is 508 g/mol. The first-order valence-electron chi connectivity index (χ1n) is 13.4. The summed E-state index contributed by atoms with van der Waals surface area (Å²) < 4.78 is 0. The van der Waals surface area contributed by atoms with Crippen LogP contribution in [0.2, 0.25) is 0 Å². The van der Waals surface area contributed by atoms with E-state index in [1.54, 1.807) is 0 Å². The molecular formula is C36H20N4. The van der Waals surface area contributed by atoms with E-state index in [4.69, 9.17) is 20.0 Å². The Morgan fingerprint density at radius 2 is 0.950 bits per heavy atom. The van der Waals surface area contributed by atoms with Crippen LogP contribution < -0.4 is 0 Å². The number of hydrogen-bond donors (Lipinski definition) is 0. The summed E-state index contributed by atoms with van der Waals surface area (Å²) in [6.07, 6.45) is 22.4. The van der Waals surface area contributed by atoms with Crippen molar-refractivity contribution in [1.82, 2.24) is 0 Å². The maximum atomic E-state index is 5.08. The molecule has 0 radical (unpaired) electrons. The summed E-state index contributed by atoms with van der Waals surface area (Å²) in [4.78, 5) is 19.5. The van der Waals surface area contributed by atoms with Crippen molar-refractivity contribution in [1.29, 1.82) is 0 Å². The van der Waals surface area contributed by atoms with Crippen molar-refractivity contribution in [3.8, 4) is 0 Å². The largest absolute Gasteiger partial charge is 0.249 e. The van der Waals surface area contributed by atoms with E-state index in [9.17, 15) is 0 Å². The van der Waals surface area contributed by atoms with Crippen LogP contribution in [0.5, 0.6) is 0 Å². The number of fused-ring (bicyclic) bond motifs is 4. The zero-order chi connectivity index (χ0) is 26.2. The molecule has 0 N–H and O–H groups in total. The van der Waals surface area contributed by atoms with Gasteiger partial charge in [-0.05, 0) is 105 Å². The molecule has 4 heteroatoms. The van der Waals surface area contributed by atoms with Crippen molar-refractivity contribution >= 4 is 60.7 Å². The predicted octanol–water partition coefficient (Wildman–Crippen LogP) is 8.00. The molecule has 4 aromatic rings. The van der Waals surface area contributed by atoms with Gasteiger partial charge in [0.25, 0.3) is 0 Å². The molecule has 0 unspecified atom stereocenters. The first-order chi connectivity index (χ1) is 19.7. The molecule has 0 saturated carbocycles. The average Bonchev–Trinajstić information content (AvgIpc) is 3.77. The van der Waals surface area contributed by atoms with Crippen LogP contribution in [0, 0.1) is 0 Å². The van der Waals surface area contributed by atoms with Gasteiger partial charge in [-0.15, -0.1) is 0 Å². The number of benzene rings is 4. The van der Waals surface area contributed by atoms with Crippen molar-refractivity contribution < 1.29 is 0 Å². The van der Waals surface area contributed by atoms with Gasteiger partial charge in [0.1, 0.15) is 0 Å². The molecule has 0 aromatic heterocycles. The van der Waals surface area contributed by atoms with Crippen LogP contribution in [0.15, 0.2) is 164 Å².